The van der Waals surface area contributed by atoms with Gasteiger partial charge in [0.2, 0.25) is 10.0 Å². The molecule has 0 radical (unpaired) electrons. The van der Waals surface area contributed by atoms with Gasteiger partial charge in [-0.1, -0.05) is 30.3 Å². The highest BCUT2D eigenvalue weighted by Crippen LogP contribution is 2.30. The second kappa shape index (κ2) is 8.37. The van der Waals surface area contributed by atoms with E-state index < -0.39 is 10.0 Å². The summed E-state index contributed by atoms with van der Waals surface area (Å²) in [4.78, 5) is 18.0. The zero-order valence-electron chi connectivity index (χ0n) is 17.1. The van der Waals surface area contributed by atoms with E-state index in [1.165, 1.54) is 34.5 Å². The molecule has 6 nitrogen and oxygen atoms in total. The average molecular weight is 444 g/mol. The lowest BCUT2D eigenvalue weighted by Crippen LogP contribution is -2.48. The van der Waals surface area contributed by atoms with Crippen LogP contribution in [-0.2, 0) is 16.6 Å². The van der Waals surface area contributed by atoms with Gasteiger partial charge in [0.1, 0.15) is 0 Å². The van der Waals surface area contributed by atoms with E-state index in [9.17, 15) is 13.2 Å². The van der Waals surface area contributed by atoms with Crippen molar-refractivity contribution in [1.29, 1.82) is 0 Å². The first kappa shape index (κ1) is 20.8. The smallest absolute Gasteiger partial charge is 0.264 e. The molecule has 0 spiro atoms. The molecule has 2 heterocycles. The molecule has 0 saturated carbocycles. The maximum absolute atomic E-state index is 13.0. The minimum absolute atomic E-state index is 0.0496. The lowest BCUT2D eigenvalue weighted by atomic mass is 10.2. The minimum Gasteiger partial charge on any atom is -0.335 e. The van der Waals surface area contributed by atoms with E-state index in [2.05, 4.69) is 29.2 Å². The van der Waals surface area contributed by atoms with Gasteiger partial charge in [-0.05, 0) is 35.2 Å². The average Bonchev–Trinajstić information content (AvgIpc) is 3.16. The van der Waals surface area contributed by atoms with Crippen LogP contribution in [0.5, 0.6) is 0 Å². The van der Waals surface area contributed by atoms with Crippen LogP contribution in [-0.4, -0.2) is 63.6 Å². The summed E-state index contributed by atoms with van der Waals surface area (Å²) in [6.45, 7) is 4.04. The highest BCUT2D eigenvalue weighted by Gasteiger charge is 2.24. The van der Waals surface area contributed by atoms with Crippen LogP contribution in [0.15, 0.2) is 54.6 Å². The quantitative estimate of drug-likeness (QED) is 0.607. The van der Waals surface area contributed by atoms with Crippen LogP contribution in [0.2, 0.25) is 0 Å². The molecular weight excluding hydrogens is 418 g/mol. The molecule has 4 rings (SSSR count). The highest BCUT2D eigenvalue weighted by atomic mass is 32.2. The van der Waals surface area contributed by atoms with Gasteiger partial charge in [-0.2, -0.15) is 0 Å². The largest absolute Gasteiger partial charge is 0.335 e. The number of anilines is 1. The Balaban J connectivity index is 1.43. The van der Waals surface area contributed by atoms with E-state index in [0.717, 1.165) is 29.7 Å². The number of hydrogen-bond donors (Lipinski definition) is 0. The van der Waals surface area contributed by atoms with Crippen LogP contribution in [0.1, 0.15) is 15.2 Å². The van der Waals surface area contributed by atoms with E-state index in [0.29, 0.717) is 23.7 Å². The molecule has 1 amide bonds. The number of benzene rings is 2. The Hall–Kier alpha value is -2.42. The number of fused-ring (bicyclic) bond motifs is 1. The topological polar surface area (TPSA) is 60.9 Å². The second-order valence-corrected chi connectivity index (χ2v) is 10.7. The molecule has 1 aromatic heterocycles. The molecule has 0 N–H and O–H groups in total. The van der Waals surface area contributed by atoms with Crippen molar-refractivity contribution >= 4 is 43.0 Å². The molecule has 2 aromatic carbocycles. The fourth-order valence-corrected chi connectivity index (χ4v) is 5.14. The molecule has 3 aromatic rings. The second-order valence-electron chi connectivity index (χ2n) is 7.62. The number of sulfonamides is 1. The summed E-state index contributed by atoms with van der Waals surface area (Å²) in [6, 6.07) is 17.7. The fraction of sp³-hybridized carbons (Fsp3) is 0.318. The van der Waals surface area contributed by atoms with Gasteiger partial charge in [0.15, 0.2) is 0 Å². The molecule has 158 valence electrons. The van der Waals surface area contributed by atoms with Gasteiger partial charge in [0, 0.05) is 44.5 Å². The Labute approximate surface area is 181 Å². The fourth-order valence-electron chi connectivity index (χ4n) is 3.63. The zero-order chi connectivity index (χ0) is 21.3. The first-order valence-electron chi connectivity index (χ1n) is 9.84. The SMILES string of the molecule is CN(c1ccc2sc(C(=O)N3CCN(Cc4ccccc4)CC3)cc2c1)S(C)(=O)=O. The highest BCUT2D eigenvalue weighted by molar-refractivity contribution is 7.92. The number of piperazine rings is 1. The van der Waals surface area contributed by atoms with Crippen molar-refractivity contribution in [2.75, 3.05) is 43.8 Å². The molecule has 1 aliphatic rings. The van der Waals surface area contributed by atoms with Gasteiger partial charge in [-0.25, -0.2) is 8.42 Å². The number of hydrogen-bond acceptors (Lipinski definition) is 5. The monoisotopic (exact) mass is 443 g/mol. The number of rotatable bonds is 5. The third-order valence-corrected chi connectivity index (χ3v) is 7.79. The van der Waals surface area contributed by atoms with Crippen molar-refractivity contribution in [3.05, 3.63) is 65.0 Å². The van der Waals surface area contributed by atoms with Crippen LogP contribution in [0.25, 0.3) is 10.1 Å². The molecule has 8 heteroatoms. The molecule has 1 fully saturated rings. The van der Waals surface area contributed by atoms with E-state index in [1.807, 2.05) is 29.2 Å². The molecule has 1 saturated heterocycles. The maximum Gasteiger partial charge on any atom is 0.264 e. The van der Waals surface area contributed by atoms with E-state index in [1.54, 1.807) is 6.07 Å². The van der Waals surface area contributed by atoms with E-state index >= 15 is 0 Å². The number of carbonyl (C=O) groups excluding carboxylic acids is 1. The summed E-state index contributed by atoms with van der Waals surface area (Å²) in [6.07, 6.45) is 1.18. The van der Waals surface area contributed by atoms with Gasteiger partial charge in [-0.3, -0.25) is 14.0 Å². The van der Waals surface area contributed by atoms with Gasteiger partial charge < -0.3 is 4.90 Å². The summed E-state index contributed by atoms with van der Waals surface area (Å²) < 4.78 is 25.8. The Morgan fingerprint density at radius 2 is 1.73 bits per heavy atom. The van der Waals surface area contributed by atoms with Crippen molar-refractivity contribution < 1.29 is 13.2 Å². The maximum atomic E-state index is 13.0. The van der Waals surface area contributed by atoms with Crippen molar-refractivity contribution in [3.8, 4) is 0 Å². The predicted octanol–water partition coefficient (Wildman–Crippen LogP) is 3.26. The van der Waals surface area contributed by atoms with E-state index in [-0.39, 0.29) is 5.91 Å². The van der Waals surface area contributed by atoms with Crippen LogP contribution >= 0.6 is 11.3 Å². The number of thiophene rings is 1. The Bertz CT molecular complexity index is 1150. The van der Waals surface area contributed by atoms with Crippen LogP contribution in [0.4, 0.5) is 5.69 Å². The van der Waals surface area contributed by atoms with Crippen molar-refractivity contribution in [2.45, 2.75) is 6.54 Å². The number of amides is 1. The molecule has 0 unspecified atom stereocenters. The Morgan fingerprint density at radius 1 is 1.03 bits per heavy atom. The summed E-state index contributed by atoms with van der Waals surface area (Å²) in [5.74, 6) is 0.0496. The standard InChI is InChI=1S/C22H25N3O3S2/c1-23(30(2,27)28)19-8-9-20-18(14-19)15-21(29-20)22(26)25-12-10-24(11-13-25)16-17-6-4-3-5-7-17/h3-9,14-15H,10-13,16H2,1-2H3. The summed E-state index contributed by atoms with van der Waals surface area (Å²) in [5, 5.41) is 0.888. The van der Waals surface area contributed by atoms with Crippen LogP contribution < -0.4 is 4.31 Å². The third kappa shape index (κ3) is 4.50. The summed E-state index contributed by atoms with van der Waals surface area (Å²) in [5.41, 5.74) is 1.88. The normalized spacial score (nSPS) is 15.5. The molecule has 1 aliphatic heterocycles. The molecule has 30 heavy (non-hydrogen) atoms. The van der Waals surface area contributed by atoms with E-state index in [4.69, 9.17) is 0 Å². The molecule has 0 aliphatic carbocycles. The number of nitrogens with zero attached hydrogens (tertiary/aromatic N) is 3. The molecular formula is C22H25N3O3S2. The summed E-state index contributed by atoms with van der Waals surface area (Å²) >= 11 is 1.46. The lowest BCUT2D eigenvalue weighted by Gasteiger charge is -2.34. The molecule has 0 atom stereocenters. The Morgan fingerprint density at radius 3 is 2.40 bits per heavy atom. The lowest BCUT2D eigenvalue weighted by molar-refractivity contribution is 0.0633. The van der Waals surface area contributed by atoms with Gasteiger partial charge in [-0.15, -0.1) is 11.3 Å². The first-order chi connectivity index (χ1) is 14.3. The zero-order valence-corrected chi connectivity index (χ0v) is 18.7. The first-order valence-corrected chi connectivity index (χ1v) is 12.5. The van der Waals surface area contributed by atoms with Crippen molar-refractivity contribution in [1.82, 2.24) is 9.80 Å². The van der Waals surface area contributed by atoms with Crippen LogP contribution in [0, 0.1) is 0 Å². The Kier molecular flexibility index (Phi) is 5.81. The van der Waals surface area contributed by atoms with Crippen molar-refractivity contribution in [2.24, 2.45) is 0 Å². The number of carbonyl (C=O) groups is 1. The third-order valence-electron chi connectivity index (χ3n) is 5.48. The predicted molar refractivity (Wildman–Crippen MR) is 123 cm³/mol. The van der Waals surface area contributed by atoms with Crippen LogP contribution in [0.3, 0.4) is 0 Å². The van der Waals surface area contributed by atoms with Crippen molar-refractivity contribution in [3.63, 3.8) is 0 Å². The van der Waals surface area contributed by atoms with Gasteiger partial charge in [0.25, 0.3) is 5.91 Å². The van der Waals surface area contributed by atoms with Gasteiger partial charge in [0.05, 0.1) is 16.8 Å². The van der Waals surface area contributed by atoms with Gasteiger partial charge >= 0.3 is 0 Å². The summed E-state index contributed by atoms with van der Waals surface area (Å²) in [7, 11) is -1.79. The minimum atomic E-state index is -3.32. The molecule has 0 bridgehead atoms.